The molecule has 10 nitrogen and oxygen atoms in total. The summed E-state index contributed by atoms with van der Waals surface area (Å²) in [7, 11) is 0. The van der Waals surface area contributed by atoms with Gasteiger partial charge in [-0.2, -0.15) is 0 Å². The van der Waals surface area contributed by atoms with Gasteiger partial charge in [0.15, 0.2) is 6.10 Å². The number of carbonyl (C=O) groups is 5. The second-order valence-electron chi connectivity index (χ2n) is 6.81. The lowest BCUT2D eigenvalue weighted by Gasteiger charge is -2.18. The second kappa shape index (κ2) is 7.47. The molecule has 0 saturated carbocycles. The summed E-state index contributed by atoms with van der Waals surface area (Å²) < 4.78 is 10.3. The molecule has 2 aliphatic heterocycles. The van der Waals surface area contributed by atoms with E-state index in [1.807, 2.05) is 0 Å². The lowest BCUT2D eigenvalue weighted by Crippen LogP contribution is -2.41. The Balaban J connectivity index is 1.48. The van der Waals surface area contributed by atoms with Crippen LogP contribution in [0.1, 0.15) is 43.8 Å². The van der Waals surface area contributed by atoms with Crippen LogP contribution in [-0.4, -0.2) is 58.7 Å². The molecule has 5 amide bonds. The van der Waals surface area contributed by atoms with Gasteiger partial charge in [0.2, 0.25) is 0 Å². The van der Waals surface area contributed by atoms with E-state index in [0.717, 1.165) is 9.80 Å². The molecule has 0 bridgehead atoms. The normalized spacial score (nSPS) is 16.5. The van der Waals surface area contributed by atoms with Gasteiger partial charge in [-0.05, 0) is 37.3 Å². The number of amides is 5. The third-order valence-electron chi connectivity index (χ3n) is 4.85. The van der Waals surface area contributed by atoms with Crippen LogP contribution in [0.15, 0.2) is 41.0 Å². The molecule has 2 aromatic rings. The molecule has 1 N–H and O–H groups in total. The number of esters is 1. The number of nitrogens with zero attached hydrogens (tertiary/aromatic N) is 2. The molecule has 0 unspecified atom stereocenters. The Bertz CT molecular complexity index is 1060. The summed E-state index contributed by atoms with van der Waals surface area (Å²) in [6, 6.07) is 6.74. The number of imide groups is 2. The van der Waals surface area contributed by atoms with E-state index in [4.69, 9.17) is 9.15 Å². The maximum Gasteiger partial charge on any atom is 0.338 e. The number of ether oxygens (including phenoxy) is 1. The average molecular weight is 411 g/mol. The summed E-state index contributed by atoms with van der Waals surface area (Å²) in [5.41, 5.74) is 0.250. The van der Waals surface area contributed by atoms with E-state index in [2.05, 4.69) is 5.32 Å². The first-order valence-electron chi connectivity index (χ1n) is 9.19. The minimum atomic E-state index is -1.19. The standard InChI is InChI=1S/C20H17N3O7/c1-11(16(24)22-7-6-21-20(22)28)30-19(27)12-4-5-14-15(9-12)18(26)23(17(14)25)10-13-3-2-8-29-13/h2-5,8-9,11H,6-7,10H2,1H3,(H,21,28)/t11-/m1/s1. The van der Waals surface area contributed by atoms with Gasteiger partial charge < -0.3 is 14.5 Å². The summed E-state index contributed by atoms with van der Waals surface area (Å²) in [5, 5.41) is 2.49. The van der Waals surface area contributed by atoms with Gasteiger partial charge in [0, 0.05) is 13.1 Å². The lowest BCUT2D eigenvalue weighted by atomic mass is 10.1. The Kier molecular flexibility index (Phi) is 4.82. The van der Waals surface area contributed by atoms with Crippen molar-refractivity contribution in [1.29, 1.82) is 0 Å². The van der Waals surface area contributed by atoms with Gasteiger partial charge >= 0.3 is 12.0 Å². The molecule has 1 aromatic carbocycles. The van der Waals surface area contributed by atoms with Gasteiger partial charge in [0.05, 0.1) is 29.5 Å². The third kappa shape index (κ3) is 3.32. The number of benzene rings is 1. The van der Waals surface area contributed by atoms with E-state index in [9.17, 15) is 24.0 Å². The zero-order valence-corrected chi connectivity index (χ0v) is 15.9. The summed E-state index contributed by atoms with van der Waals surface area (Å²) in [6.45, 7) is 1.86. The van der Waals surface area contributed by atoms with Gasteiger partial charge in [0.1, 0.15) is 5.76 Å². The van der Waals surface area contributed by atoms with E-state index in [1.165, 1.54) is 31.4 Å². The van der Waals surface area contributed by atoms with Crippen molar-refractivity contribution >= 4 is 29.7 Å². The maximum atomic E-state index is 12.7. The van der Waals surface area contributed by atoms with Gasteiger partial charge in [-0.25, -0.2) is 9.59 Å². The van der Waals surface area contributed by atoms with Crippen LogP contribution in [0.5, 0.6) is 0 Å². The summed E-state index contributed by atoms with van der Waals surface area (Å²) in [4.78, 5) is 63.5. The SMILES string of the molecule is C[C@@H](OC(=O)c1ccc2c(c1)C(=O)N(Cc1ccco1)C2=O)C(=O)N1CCNC1=O. The van der Waals surface area contributed by atoms with Crippen molar-refractivity contribution in [2.75, 3.05) is 13.1 Å². The largest absolute Gasteiger partial charge is 0.467 e. The Morgan fingerprint density at radius 1 is 1.17 bits per heavy atom. The van der Waals surface area contributed by atoms with Crippen molar-refractivity contribution in [2.24, 2.45) is 0 Å². The fourth-order valence-electron chi connectivity index (χ4n) is 3.30. The highest BCUT2D eigenvalue weighted by Gasteiger charge is 2.37. The quantitative estimate of drug-likeness (QED) is 0.578. The number of urea groups is 1. The monoisotopic (exact) mass is 411 g/mol. The molecule has 1 aromatic heterocycles. The van der Waals surface area contributed by atoms with Crippen molar-refractivity contribution < 1.29 is 33.1 Å². The van der Waals surface area contributed by atoms with E-state index in [-0.39, 0.29) is 29.8 Å². The Morgan fingerprint density at radius 2 is 1.93 bits per heavy atom. The molecule has 3 heterocycles. The number of furan rings is 1. The van der Waals surface area contributed by atoms with Gasteiger partial charge in [-0.1, -0.05) is 0 Å². The van der Waals surface area contributed by atoms with Crippen LogP contribution >= 0.6 is 0 Å². The Morgan fingerprint density at radius 3 is 2.60 bits per heavy atom. The topological polar surface area (TPSA) is 126 Å². The van der Waals surface area contributed by atoms with Crippen LogP contribution in [0.4, 0.5) is 4.79 Å². The van der Waals surface area contributed by atoms with Crippen LogP contribution in [-0.2, 0) is 16.1 Å². The molecule has 0 aliphatic carbocycles. The number of nitrogens with one attached hydrogen (secondary N) is 1. The van der Waals surface area contributed by atoms with Crippen molar-refractivity contribution in [3.8, 4) is 0 Å². The lowest BCUT2D eigenvalue weighted by molar-refractivity contribution is -0.136. The van der Waals surface area contributed by atoms with Crippen molar-refractivity contribution in [3.05, 3.63) is 59.0 Å². The highest BCUT2D eigenvalue weighted by atomic mass is 16.5. The molecule has 4 rings (SSSR count). The first-order chi connectivity index (χ1) is 14.4. The number of carbonyl (C=O) groups excluding carboxylic acids is 5. The first kappa shape index (κ1) is 19.4. The molecular weight excluding hydrogens is 394 g/mol. The highest BCUT2D eigenvalue weighted by molar-refractivity contribution is 6.21. The summed E-state index contributed by atoms with van der Waals surface area (Å²) in [5.74, 6) is -2.09. The maximum absolute atomic E-state index is 12.7. The number of hydrogen-bond acceptors (Lipinski definition) is 7. The Hall–Kier alpha value is -3.95. The molecule has 0 radical (unpaired) electrons. The van der Waals surface area contributed by atoms with Gasteiger partial charge in [0.25, 0.3) is 17.7 Å². The fourth-order valence-corrected chi connectivity index (χ4v) is 3.30. The molecule has 1 fully saturated rings. The zero-order chi connectivity index (χ0) is 21.4. The van der Waals surface area contributed by atoms with Crippen molar-refractivity contribution in [3.63, 3.8) is 0 Å². The van der Waals surface area contributed by atoms with Gasteiger partial charge in [-0.15, -0.1) is 0 Å². The van der Waals surface area contributed by atoms with E-state index >= 15 is 0 Å². The van der Waals surface area contributed by atoms with Crippen LogP contribution < -0.4 is 5.32 Å². The Labute approximate surface area is 170 Å². The fraction of sp³-hybridized carbons (Fsp3) is 0.250. The molecule has 30 heavy (non-hydrogen) atoms. The highest BCUT2D eigenvalue weighted by Crippen LogP contribution is 2.26. The average Bonchev–Trinajstić information content (AvgIpc) is 3.45. The summed E-state index contributed by atoms with van der Waals surface area (Å²) >= 11 is 0. The predicted molar refractivity (Wildman–Crippen MR) is 99.3 cm³/mol. The van der Waals surface area contributed by atoms with Crippen molar-refractivity contribution in [1.82, 2.24) is 15.1 Å². The number of hydrogen-bond donors (Lipinski definition) is 1. The molecular formula is C20H17N3O7. The minimum absolute atomic E-state index is 0.0141. The van der Waals surface area contributed by atoms with E-state index in [1.54, 1.807) is 12.1 Å². The van der Waals surface area contributed by atoms with E-state index < -0.39 is 35.8 Å². The molecule has 1 atom stereocenters. The molecule has 0 spiro atoms. The minimum Gasteiger partial charge on any atom is -0.467 e. The second-order valence-corrected chi connectivity index (χ2v) is 6.81. The zero-order valence-electron chi connectivity index (χ0n) is 15.9. The first-order valence-corrected chi connectivity index (χ1v) is 9.19. The van der Waals surface area contributed by atoms with Crippen molar-refractivity contribution in [2.45, 2.75) is 19.6 Å². The van der Waals surface area contributed by atoms with Crippen LogP contribution in [0.3, 0.4) is 0 Å². The predicted octanol–water partition coefficient (Wildman–Crippen LogP) is 1.17. The number of fused-ring (bicyclic) bond motifs is 1. The summed E-state index contributed by atoms with van der Waals surface area (Å²) in [6.07, 6.45) is 0.248. The van der Waals surface area contributed by atoms with Crippen LogP contribution in [0.2, 0.25) is 0 Å². The van der Waals surface area contributed by atoms with Crippen LogP contribution in [0, 0.1) is 0 Å². The molecule has 1 saturated heterocycles. The number of rotatable bonds is 5. The smallest absolute Gasteiger partial charge is 0.338 e. The van der Waals surface area contributed by atoms with E-state index in [0.29, 0.717) is 12.3 Å². The van der Waals surface area contributed by atoms with Crippen LogP contribution in [0.25, 0.3) is 0 Å². The molecule has 10 heteroatoms. The molecule has 2 aliphatic rings. The third-order valence-corrected chi connectivity index (χ3v) is 4.85. The molecule has 154 valence electrons. The van der Waals surface area contributed by atoms with Gasteiger partial charge in [-0.3, -0.25) is 24.2 Å².